The Morgan fingerprint density at radius 2 is 1.62 bits per heavy atom. The van der Waals surface area contributed by atoms with Gasteiger partial charge in [-0.1, -0.05) is 59.3 Å². The van der Waals surface area contributed by atoms with E-state index in [9.17, 15) is 0 Å². The highest BCUT2D eigenvalue weighted by atomic mass is 14.4. The van der Waals surface area contributed by atoms with E-state index in [1.807, 2.05) is 0 Å². The zero-order valence-corrected chi connectivity index (χ0v) is 9.68. The van der Waals surface area contributed by atoms with Gasteiger partial charge in [-0.05, 0) is 24.2 Å². The smallest absolute Gasteiger partial charge is 0.0383 e. The molecule has 1 fully saturated rings. The molecule has 1 aliphatic rings. The van der Waals surface area contributed by atoms with E-state index in [1.165, 1.54) is 38.5 Å². The summed E-state index contributed by atoms with van der Waals surface area (Å²) in [5.41, 5.74) is 0. The van der Waals surface area contributed by atoms with Gasteiger partial charge in [0.1, 0.15) is 0 Å². The first-order valence-electron chi connectivity index (χ1n) is 6.29. The lowest BCUT2D eigenvalue weighted by atomic mass is 9.62. The summed E-state index contributed by atoms with van der Waals surface area (Å²) in [6.45, 7) is 7.08. The van der Waals surface area contributed by atoms with Gasteiger partial charge >= 0.3 is 0 Å². The predicted molar refractivity (Wildman–Crippen MR) is 59.8 cm³/mol. The van der Waals surface area contributed by atoms with Gasteiger partial charge in [-0.3, -0.25) is 0 Å². The van der Waals surface area contributed by atoms with Gasteiger partial charge in [0.05, 0.1) is 0 Å². The minimum Gasteiger partial charge on any atom is -0.0654 e. The Morgan fingerprint density at radius 3 is 2.15 bits per heavy atom. The highest BCUT2D eigenvalue weighted by Gasteiger charge is 2.35. The van der Waals surface area contributed by atoms with Crippen molar-refractivity contribution in [3.05, 3.63) is 0 Å². The highest BCUT2D eigenvalue weighted by molar-refractivity contribution is 4.85. The fourth-order valence-electron chi connectivity index (χ4n) is 2.80. The summed E-state index contributed by atoms with van der Waals surface area (Å²) in [6, 6.07) is 0. The number of hydrogen-bond acceptors (Lipinski definition) is 0. The van der Waals surface area contributed by atoms with E-state index >= 15 is 0 Å². The Bertz CT molecular complexity index is 126. The Kier molecular flexibility index (Phi) is 4.83. The van der Waals surface area contributed by atoms with E-state index in [-0.39, 0.29) is 0 Å². The van der Waals surface area contributed by atoms with Gasteiger partial charge in [0.2, 0.25) is 0 Å². The minimum atomic E-state index is 1.04. The zero-order valence-electron chi connectivity index (χ0n) is 9.68. The summed E-state index contributed by atoms with van der Waals surface area (Å²) < 4.78 is 0. The molecule has 0 amide bonds. The molecule has 1 aliphatic carbocycles. The second kappa shape index (κ2) is 5.67. The van der Waals surface area contributed by atoms with Crippen molar-refractivity contribution in [3.8, 4) is 0 Å². The van der Waals surface area contributed by atoms with Gasteiger partial charge in [0, 0.05) is 0 Å². The first-order valence-corrected chi connectivity index (χ1v) is 6.29. The molecule has 0 aromatic heterocycles. The molecule has 3 atom stereocenters. The van der Waals surface area contributed by atoms with Crippen LogP contribution >= 0.6 is 0 Å². The maximum absolute atomic E-state index is 2.47. The molecule has 0 aromatic rings. The van der Waals surface area contributed by atoms with E-state index < -0.39 is 0 Å². The summed E-state index contributed by atoms with van der Waals surface area (Å²) in [6.07, 6.45) is 10.2. The van der Waals surface area contributed by atoms with Crippen LogP contribution in [0.15, 0.2) is 0 Å². The molecule has 0 spiro atoms. The minimum absolute atomic E-state index is 1.04. The van der Waals surface area contributed by atoms with Crippen molar-refractivity contribution >= 4 is 0 Å². The number of hydrogen-bond donors (Lipinski definition) is 0. The molecular formula is C13H26. The van der Waals surface area contributed by atoms with Crippen LogP contribution < -0.4 is 0 Å². The van der Waals surface area contributed by atoms with Crippen molar-refractivity contribution in [2.24, 2.45) is 17.8 Å². The molecule has 0 aliphatic heterocycles. The summed E-state index contributed by atoms with van der Waals surface area (Å²) >= 11 is 0. The second-order valence-electron chi connectivity index (χ2n) is 4.90. The quantitative estimate of drug-likeness (QED) is 0.525. The zero-order chi connectivity index (χ0) is 9.68. The van der Waals surface area contributed by atoms with Gasteiger partial charge in [0.25, 0.3) is 0 Å². The topological polar surface area (TPSA) is 0 Å². The fraction of sp³-hybridized carbons (Fsp3) is 1.00. The second-order valence-corrected chi connectivity index (χ2v) is 4.90. The van der Waals surface area contributed by atoms with E-state index in [0.29, 0.717) is 0 Å². The van der Waals surface area contributed by atoms with E-state index in [0.717, 1.165) is 17.8 Å². The summed E-state index contributed by atoms with van der Waals surface area (Å²) in [4.78, 5) is 0. The average molecular weight is 182 g/mol. The molecular weight excluding hydrogens is 156 g/mol. The van der Waals surface area contributed by atoms with Crippen LogP contribution in [-0.2, 0) is 0 Å². The molecule has 0 heterocycles. The standard InChI is InChI=1S/C13H26/c1-4-6-7-9-13-10-12(8-5-2)11(13)3/h11-13H,4-10H2,1-3H3. The van der Waals surface area contributed by atoms with Crippen LogP contribution in [0.4, 0.5) is 0 Å². The molecule has 0 saturated heterocycles. The fourth-order valence-corrected chi connectivity index (χ4v) is 2.80. The largest absolute Gasteiger partial charge is 0.0654 e. The number of unbranched alkanes of at least 4 members (excludes halogenated alkanes) is 2. The lowest BCUT2D eigenvalue weighted by Gasteiger charge is -2.43. The predicted octanol–water partition coefficient (Wildman–Crippen LogP) is 4.64. The van der Waals surface area contributed by atoms with Crippen molar-refractivity contribution in [1.82, 2.24) is 0 Å². The molecule has 0 heteroatoms. The lowest BCUT2D eigenvalue weighted by molar-refractivity contribution is 0.0700. The summed E-state index contributed by atoms with van der Waals surface area (Å²) in [7, 11) is 0. The monoisotopic (exact) mass is 182 g/mol. The maximum atomic E-state index is 2.47. The van der Waals surface area contributed by atoms with E-state index in [4.69, 9.17) is 0 Å². The molecule has 13 heavy (non-hydrogen) atoms. The van der Waals surface area contributed by atoms with Crippen LogP contribution in [0.3, 0.4) is 0 Å². The van der Waals surface area contributed by atoms with Crippen LogP contribution in [0.1, 0.15) is 65.7 Å². The normalized spacial score (nSPS) is 33.0. The first kappa shape index (κ1) is 11.1. The molecule has 1 saturated carbocycles. The Labute approximate surface area is 84.1 Å². The lowest BCUT2D eigenvalue weighted by Crippen LogP contribution is -2.34. The van der Waals surface area contributed by atoms with Crippen molar-refractivity contribution in [2.75, 3.05) is 0 Å². The van der Waals surface area contributed by atoms with Crippen molar-refractivity contribution in [2.45, 2.75) is 65.7 Å². The highest BCUT2D eigenvalue weighted by Crippen LogP contribution is 2.45. The van der Waals surface area contributed by atoms with Crippen molar-refractivity contribution in [1.29, 1.82) is 0 Å². The number of rotatable bonds is 6. The van der Waals surface area contributed by atoms with Gasteiger partial charge in [0.15, 0.2) is 0 Å². The van der Waals surface area contributed by atoms with Gasteiger partial charge in [-0.15, -0.1) is 0 Å². The molecule has 1 rings (SSSR count). The molecule has 0 radical (unpaired) electrons. The Hall–Kier alpha value is 0. The van der Waals surface area contributed by atoms with Gasteiger partial charge in [-0.2, -0.15) is 0 Å². The van der Waals surface area contributed by atoms with Gasteiger partial charge < -0.3 is 0 Å². The van der Waals surface area contributed by atoms with Crippen LogP contribution in [0, 0.1) is 17.8 Å². The van der Waals surface area contributed by atoms with Crippen molar-refractivity contribution in [3.63, 3.8) is 0 Å². The molecule has 78 valence electrons. The van der Waals surface area contributed by atoms with Crippen molar-refractivity contribution < 1.29 is 0 Å². The molecule has 0 bridgehead atoms. The molecule has 3 unspecified atom stereocenters. The van der Waals surface area contributed by atoms with Crippen LogP contribution in [-0.4, -0.2) is 0 Å². The SMILES string of the molecule is CCCCCC1CC(CCC)C1C. The third-order valence-electron chi connectivity index (χ3n) is 3.93. The summed E-state index contributed by atoms with van der Waals surface area (Å²) in [5, 5.41) is 0. The third kappa shape index (κ3) is 3.00. The maximum Gasteiger partial charge on any atom is -0.0383 e. The van der Waals surface area contributed by atoms with E-state index in [1.54, 1.807) is 6.42 Å². The van der Waals surface area contributed by atoms with E-state index in [2.05, 4.69) is 20.8 Å². The Morgan fingerprint density at radius 1 is 0.923 bits per heavy atom. The average Bonchev–Trinajstić information content (AvgIpc) is 2.15. The Balaban J connectivity index is 2.05. The van der Waals surface area contributed by atoms with Crippen LogP contribution in [0.2, 0.25) is 0 Å². The molecule has 0 N–H and O–H groups in total. The van der Waals surface area contributed by atoms with Crippen LogP contribution in [0.5, 0.6) is 0 Å². The first-order chi connectivity index (χ1) is 6.29. The van der Waals surface area contributed by atoms with Crippen LogP contribution in [0.25, 0.3) is 0 Å². The molecule has 0 aromatic carbocycles. The summed E-state index contributed by atoms with van der Waals surface area (Å²) in [5.74, 6) is 3.21. The molecule has 0 nitrogen and oxygen atoms in total. The van der Waals surface area contributed by atoms with Gasteiger partial charge in [-0.25, -0.2) is 0 Å². The third-order valence-corrected chi connectivity index (χ3v) is 3.93.